The Hall–Kier alpha value is -2.18. The number of benzene rings is 2. The number of hydrogen-bond acceptors (Lipinski definition) is 5. The molecule has 8 heteroatoms. The Kier molecular flexibility index (Phi) is 5.44. The van der Waals surface area contributed by atoms with E-state index in [2.05, 4.69) is 4.99 Å². The molecule has 0 aromatic heterocycles. The first-order valence-electron chi connectivity index (χ1n) is 8.11. The quantitative estimate of drug-likeness (QED) is 0.593. The van der Waals surface area contributed by atoms with Crippen LogP contribution in [0.25, 0.3) is 0 Å². The molecule has 136 valence electrons. The molecule has 3 rings (SSSR count). The number of halogens is 1. The Morgan fingerprint density at radius 1 is 1.04 bits per heavy atom. The van der Waals surface area contributed by atoms with E-state index >= 15 is 0 Å². The molecule has 1 fully saturated rings. The van der Waals surface area contributed by atoms with Crippen molar-refractivity contribution in [3.8, 4) is 0 Å². The van der Waals surface area contributed by atoms with Gasteiger partial charge in [-0.1, -0.05) is 35.4 Å². The Bertz CT molecular complexity index is 946. The van der Waals surface area contributed by atoms with Gasteiger partial charge in [-0.25, -0.2) is 13.2 Å². The van der Waals surface area contributed by atoms with Gasteiger partial charge in [0.1, 0.15) is 5.69 Å². The largest absolute Gasteiger partial charge is 0.366 e. The van der Waals surface area contributed by atoms with Crippen LogP contribution in [-0.4, -0.2) is 45.0 Å². The molecular formula is C18H18ClN3O3S. The SMILES string of the molecule is Cc1ccc(S(=O)(=O)N2CCN(c3c(Cl)cccc3N=C=O)CC2)cc1. The number of aliphatic imine (C=N–C) groups is 1. The topological polar surface area (TPSA) is 70.1 Å². The molecule has 0 saturated carbocycles. The summed E-state index contributed by atoms with van der Waals surface area (Å²) in [4.78, 5) is 16.6. The number of carbonyl (C=O) groups excluding carboxylic acids is 1. The standard InChI is InChI=1S/C18H18ClN3O3S/c1-14-5-7-15(8-6-14)26(24,25)22-11-9-21(10-12-22)18-16(19)3-2-4-17(18)20-13-23/h2-8H,9-12H2,1H3. The summed E-state index contributed by atoms with van der Waals surface area (Å²) in [6, 6.07) is 11.9. The lowest BCUT2D eigenvalue weighted by Crippen LogP contribution is -2.48. The summed E-state index contributed by atoms with van der Waals surface area (Å²) in [5, 5.41) is 0.469. The fourth-order valence-electron chi connectivity index (χ4n) is 2.97. The average molecular weight is 392 g/mol. The molecule has 0 aliphatic carbocycles. The zero-order chi connectivity index (χ0) is 18.7. The monoisotopic (exact) mass is 391 g/mol. The van der Waals surface area contributed by atoms with Crippen LogP contribution >= 0.6 is 11.6 Å². The van der Waals surface area contributed by atoms with Crippen molar-refractivity contribution in [2.45, 2.75) is 11.8 Å². The molecule has 1 aliphatic rings. The maximum absolute atomic E-state index is 12.8. The molecule has 0 bridgehead atoms. The molecule has 1 heterocycles. The lowest BCUT2D eigenvalue weighted by molar-refractivity contribution is 0.385. The minimum atomic E-state index is -3.53. The average Bonchev–Trinajstić information content (AvgIpc) is 2.63. The van der Waals surface area contributed by atoms with Crippen molar-refractivity contribution in [2.75, 3.05) is 31.1 Å². The van der Waals surface area contributed by atoms with Gasteiger partial charge < -0.3 is 4.90 Å². The van der Waals surface area contributed by atoms with E-state index in [4.69, 9.17) is 11.6 Å². The second kappa shape index (κ2) is 7.60. The fourth-order valence-corrected chi connectivity index (χ4v) is 4.68. The zero-order valence-corrected chi connectivity index (χ0v) is 15.8. The number of sulfonamides is 1. The first kappa shape index (κ1) is 18.6. The van der Waals surface area contributed by atoms with Gasteiger partial charge in [-0.2, -0.15) is 9.30 Å². The number of hydrogen-bond donors (Lipinski definition) is 0. The van der Waals surface area contributed by atoms with E-state index in [9.17, 15) is 13.2 Å². The van der Waals surface area contributed by atoms with Crippen LogP contribution in [0.2, 0.25) is 5.02 Å². The Morgan fingerprint density at radius 2 is 1.69 bits per heavy atom. The predicted octanol–water partition coefficient (Wildman–Crippen LogP) is 3.13. The van der Waals surface area contributed by atoms with E-state index in [1.165, 1.54) is 10.4 Å². The number of piperazine rings is 1. The van der Waals surface area contributed by atoms with Crippen LogP contribution in [0.5, 0.6) is 0 Å². The van der Waals surface area contributed by atoms with E-state index < -0.39 is 10.0 Å². The highest BCUT2D eigenvalue weighted by Crippen LogP contribution is 2.36. The van der Waals surface area contributed by atoms with Gasteiger partial charge in [0.25, 0.3) is 0 Å². The summed E-state index contributed by atoms with van der Waals surface area (Å²) in [5.41, 5.74) is 2.07. The summed E-state index contributed by atoms with van der Waals surface area (Å²) in [6.07, 6.45) is 1.53. The molecule has 0 radical (unpaired) electrons. The van der Waals surface area contributed by atoms with Crippen LogP contribution in [0.4, 0.5) is 11.4 Å². The highest BCUT2D eigenvalue weighted by molar-refractivity contribution is 7.89. The number of nitrogens with zero attached hydrogens (tertiary/aromatic N) is 3. The molecular weight excluding hydrogens is 374 g/mol. The van der Waals surface area contributed by atoms with Gasteiger partial charge in [-0.3, -0.25) is 0 Å². The molecule has 1 aliphatic heterocycles. The molecule has 26 heavy (non-hydrogen) atoms. The number of aryl methyl sites for hydroxylation is 1. The zero-order valence-electron chi connectivity index (χ0n) is 14.2. The Labute approximate surface area is 157 Å². The van der Waals surface area contributed by atoms with Gasteiger partial charge in [-0.05, 0) is 31.2 Å². The minimum absolute atomic E-state index is 0.292. The second-order valence-corrected chi connectivity index (χ2v) is 8.36. The molecule has 2 aromatic rings. The summed E-state index contributed by atoms with van der Waals surface area (Å²) in [6.45, 7) is 3.47. The maximum Gasteiger partial charge on any atom is 0.243 e. The number of isocyanates is 1. The Morgan fingerprint density at radius 3 is 2.31 bits per heavy atom. The highest BCUT2D eigenvalue weighted by Gasteiger charge is 2.29. The van der Waals surface area contributed by atoms with Gasteiger partial charge in [0.05, 0.1) is 15.6 Å². The third kappa shape index (κ3) is 3.66. The van der Waals surface area contributed by atoms with Crippen LogP contribution in [0.3, 0.4) is 0 Å². The molecule has 1 saturated heterocycles. The smallest absolute Gasteiger partial charge is 0.243 e. The van der Waals surface area contributed by atoms with Crippen LogP contribution in [0.1, 0.15) is 5.56 Å². The lowest BCUT2D eigenvalue weighted by Gasteiger charge is -2.36. The third-order valence-corrected chi connectivity index (χ3v) is 6.56. The molecule has 0 unspecified atom stereocenters. The maximum atomic E-state index is 12.8. The second-order valence-electron chi connectivity index (χ2n) is 6.01. The molecule has 6 nitrogen and oxygen atoms in total. The van der Waals surface area contributed by atoms with E-state index in [-0.39, 0.29) is 0 Å². The van der Waals surface area contributed by atoms with Crippen molar-refractivity contribution in [1.82, 2.24) is 4.31 Å². The van der Waals surface area contributed by atoms with Crippen molar-refractivity contribution in [3.63, 3.8) is 0 Å². The third-order valence-electron chi connectivity index (χ3n) is 4.35. The highest BCUT2D eigenvalue weighted by atomic mass is 35.5. The van der Waals surface area contributed by atoms with Gasteiger partial charge in [0.15, 0.2) is 0 Å². The van der Waals surface area contributed by atoms with Gasteiger partial charge in [-0.15, -0.1) is 0 Å². The Balaban J connectivity index is 1.80. The van der Waals surface area contributed by atoms with Gasteiger partial charge >= 0.3 is 0 Å². The van der Waals surface area contributed by atoms with Gasteiger partial charge in [0.2, 0.25) is 16.1 Å². The van der Waals surface area contributed by atoms with Crippen LogP contribution in [0, 0.1) is 6.92 Å². The summed E-state index contributed by atoms with van der Waals surface area (Å²) in [7, 11) is -3.53. The number of para-hydroxylation sites is 1. The summed E-state index contributed by atoms with van der Waals surface area (Å²) < 4.78 is 27.0. The van der Waals surface area contributed by atoms with Crippen molar-refractivity contribution < 1.29 is 13.2 Å². The molecule has 0 atom stereocenters. The van der Waals surface area contributed by atoms with Crippen LogP contribution in [-0.2, 0) is 14.8 Å². The minimum Gasteiger partial charge on any atom is -0.366 e. The van der Waals surface area contributed by atoms with Crippen molar-refractivity contribution in [1.29, 1.82) is 0 Å². The van der Waals surface area contributed by atoms with E-state index in [1.807, 2.05) is 11.8 Å². The van der Waals surface area contributed by atoms with Crippen molar-refractivity contribution in [2.24, 2.45) is 4.99 Å². The normalized spacial score (nSPS) is 15.5. The van der Waals surface area contributed by atoms with Crippen LogP contribution < -0.4 is 4.90 Å². The predicted molar refractivity (Wildman–Crippen MR) is 101 cm³/mol. The van der Waals surface area contributed by atoms with E-state index in [1.54, 1.807) is 42.5 Å². The van der Waals surface area contributed by atoms with Crippen LogP contribution in [0.15, 0.2) is 52.4 Å². The van der Waals surface area contributed by atoms with E-state index in [0.29, 0.717) is 47.5 Å². The number of anilines is 1. The summed E-state index contributed by atoms with van der Waals surface area (Å²) >= 11 is 6.27. The fraction of sp³-hybridized carbons (Fsp3) is 0.278. The molecule has 0 amide bonds. The molecule has 0 spiro atoms. The lowest BCUT2D eigenvalue weighted by atomic mass is 10.2. The first-order valence-corrected chi connectivity index (χ1v) is 9.93. The number of rotatable bonds is 4. The first-order chi connectivity index (χ1) is 12.4. The van der Waals surface area contributed by atoms with Crippen molar-refractivity contribution >= 4 is 39.1 Å². The van der Waals surface area contributed by atoms with Gasteiger partial charge in [0, 0.05) is 26.2 Å². The summed E-state index contributed by atoms with van der Waals surface area (Å²) in [5.74, 6) is 0. The molecule has 0 N–H and O–H groups in total. The molecule has 2 aromatic carbocycles. The van der Waals surface area contributed by atoms with E-state index in [0.717, 1.165) is 5.56 Å². The van der Waals surface area contributed by atoms with Crippen molar-refractivity contribution in [3.05, 3.63) is 53.1 Å².